The van der Waals surface area contributed by atoms with Crippen molar-refractivity contribution in [1.82, 2.24) is 9.71 Å². The third-order valence-corrected chi connectivity index (χ3v) is 4.49. The lowest BCUT2D eigenvalue weighted by Gasteiger charge is -2.10. The van der Waals surface area contributed by atoms with Gasteiger partial charge in [-0.25, -0.2) is 4.98 Å². The summed E-state index contributed by atoms with van der Waals surface area (Å²) in [4.78, 5) is 21.1. The molecular formula is C19H18BrN3O2. The Balaban J connectivity index is 2.18. The van der Waals surface area contributed by atoms with E-state index in [0.29, 0.717) is 25.3 Å². The second-order valence-corrected chi connectivity index (χ2v) is 6.40. The molecule has 1 heterocycles. The van der Waals surface area contributed by atoms with E-state index in [2.05, 4.69) is 15.9 Å². The van der Waals surface area contributed by atoms with Crippen molar-refractivity contribution in [3.63, 3.8) is 0 Å². The molecule has 3 rings (SSSR count). The first kappa shape index (κ1) is 17.4. The molecule has 2 N–H and O–H groups in total. The van der Waals surface area contributed by atoms with Gasteiger partial charge in [-0.2, -0.15) is 4.73 Å². The van der Waals surface area contributed by atoms with Gasteiger partial charge in [0.15, 0.2) is 5.82 Å². The van der Waals surface area contributed by atoms with Gasteiger partial charge in [0.05, 0.1) is 5.69 Å². The van der Waals surface area contributed by atoms with Crippen LogP contribution in [0.15, 0.2) is 53.0 Å². The maximum Gasteiger partial charge on any atom is 0.321 e. The highest BCUT2D eigenvalue weighted by Gasteiger charge is 2.20. The van der Waals surface area contributed by atoms with E-state index in [9.17, 15) is 4.79 Å². The van der Waals surface area contributed by atoms with E-state index < -0.39 is 0 Å². The average Bonchev–Trinajstić information content (AvgIpc) is 3.01. The number of hydrogen-bond acceptors (Lipinski definition) is 4. The molecule has 25 heavy (non-hydrogen) atoms. The number of nitrogens with zero attached hydrogens (tertiary/aromatic N) is 2. The number of nitrogens with two attached hydrogens (primary N) is 1. The summed E-state index contributed by atoms with van der Waals surface area (Å²) in [6.45, 7) is 2.92. The Bertz CT molecular complexity index is 871. The third-order valence-electron chi connectivity index (χ3n) is 3.96. The van der Waals surface area contributed by atoms with Gasteiger partial charge in [0.2, 0.25) is 0 Å². The highest BCUT2D eigenvalue weighted by molar-refractivity contribution is 9.10. The summed E-state index contributed by atoms with van der Waals surface area (Å²) in [6, 6.07) is 15.6. The first-order valence-electron chi connectivity index (χ1n) is 7.95. The summed E-state index contributed by atoms with van der Waals surface area (Å²) in [7, 11) is 0. The molecule has 0 spiro atoms. The van der Waals surface area contributed by atoms with Crippen molar-refractivity contribution in [2.75, 3.05) is 0 Å². The lowest BCUT2D eigenvalue weighted by Crippen LogP contribution is -2.12. The molecule has 3 aromatic rings. The summed E-state index contributed by atoms with van der Waals surface area (Å²) in [5.41, 5.74) is 10.1. The second kappa shape index (κ2) is 7.63. The molecule has 1 aromatic heterocycles. The number of rotatable bonds is 6. The Labute approximate surface area is 154 Å². The molecule has 0 saturated heterocycles. The van der Waals surface area contributed by atoms with Crippen LogP contribution in [-0.4, -0.2) is 16.2 Å². The standard InChI is InChI=1S/C19H18BrN3O2/c1-2-17-18(14-7-9-16(20)10-8-14)23(25-12-24)19(22-17)15-5-3-13(11-21)4-6-15/h3-10,12H,2,11,21H2,1H3. The number of imidazole rings is 1. The SMILES string of the molecule is CCc1nc(-c2ccc(CN)cc2)n(OC=O)c1-c1ccc(Br)cc1. The van der Waals surface area contributed by atoms with E-state index >= 15 is 0 Å². The van der Waals surface area contributed by atoms with Gasteiger partial charge in [-0.3, -0.25) is 4.79 Å². The minimum Gasteiger partial charge on any atom is -0.338 e. The van der Waals surface area contributed by atoms with Gasteiger partial charge in [-0.1, -0.05) is 59.3 Å². The summed E-state index contributed by atoms with van der Waals surface area (Å²) in [5.74, 6) is 0.588. The van der Waals surface area contributed by atoms with Gasteiger partial charge in [-0.05, 0) is 24.1 Å². The van der Waals surface area contributed by atoms with Crippen molar-refractivity contribution in [1.29, 1.82) is 0 Å². The quantitative estimate of drug-likeness (QED) is 0.642. The molecule has 0 aliphatic rings. The lowest BCUT2D eigenvalue weighted by atomic mass is 10.1. The Morgan fingerprint density at radius 2 is 1.76 bits per heavy atom. The van der Waals surface area contributed by atoms with Gasteiger partial charge in [-0.15, -0.1) is 0 Å². The van der Waals surface area contributed by atoms with E-state index in [1.54, 1.807) is 0 Å². The molecule has 0 saturated carbocycles. The molecular weight excluding hydrogens is 382 g/mol. The van der Waals surface area contributed by atoms with Gasteiger partial charge in [0.1, 0.15) is 5.69 Å². The fraction of sp³-hybridized carbons (Fsp3) is 0.158. The zero-order valence-electron chi connectivity index (χ0n) is 13.8. The fourth-order valence-electron chi connectivity index (χ4n) is 2.70. The maximum absolute atomic E-state index is 11.1. The summed E-state index contributed by atoms with van der Waals surface area (Å²) >= 11 is 3.44. The molecule has 0 aliphatic carbocycles. The molecule has 0 radical (unpaired) electrons. The Hall–Kier alpha value is -2.44. The topological polar surface area (TPSA) is 70.1 Å². The van der Waals surface area contributed by atoms with E-state index in [4.69, 9.17) is 15.6 Å². The zero-order chi connectivity index (χ0) is 17.8. The highest BCUT2D eigenvalue weighted by Crippen LogP contribution is 2.30. The largest absolute Gasteiger partial charge is 0.338 e. The van der Waals surface area contributed by atoms with Gasteiger partial charge >= 0.3 is 6.47 Å². The first-order valence-corrected chi connectivity index (χ1v) is 8.75. The Kier molecular flexibility index (Phi) is 5.31. The number of aryl methyl sites for hydroxylation is 1. The predicted molar refractivity (Wildman–Crippen MR) is 101 cm³/mol. The number of aromatic nitrogens is 2. The zero-order valence-corrected chi connectivity index (χ0v) is 15.4. The van der Waals surface area contributed by atoms with E-state index in [-0.39, 0.29) is 0 Å². The van der Waals surface area contributed by atoms with Crippen LogP contribution < -0.4 is 10.6 Å². The van der Waals surface area contributed by atoms with E-state index in [1.807, 2.05) is 55.5 Å². The summed E-state index contributed by atoms with van der Waals surface area (Å²) in [5, 5.41) is 0. The number of hydrogen-bond donors (Lipinski definition) is 1. The smallest absolute Gasteiger partial charge is 0.321 e. The van der Waals surface area contributed by atoms with Crippen LogP contribution in [0.3, 0.4) is 0 Å². The molecule has 0 amide bonds. The molecule has 0 bridgehead atoms. The van der Waals surface area contributed by atoms with Crippen LogP contribution in [0.1, 0.15) is 18.2 Å². The van der Waals surface area contributed by atoms with Gasteiger partial charge in [0.25, 0.3) is 0 Å². The van der Waals surface area contributed by atoms with E-state index in [1.165, 1.54) is 4.73 Å². The third kappa shape index (κ3) is 3.50. The number of halogens is 1. The monoisotopic (exact) mass is 399 g/mol. The minimum absolute atomic E-state index is 0.418. The van der Waals surface area contributed by atoms with Gasteiger partial charge in [0, 0.05) is 22.1 Å². The van der Waals surface area contributed by atoms with Crippen LogP contribution >= 0.6 is 15.9 Å². The van der Waals surface area contributed by atoms with Crippen LogP contribution in [-0.2, 0) is 17.8 Å². The maximum atomic E-state index is 11.1. The van der Waals surface area contributed by atoms with Gasteiger partial charge < -0.3 is 10.6 Å². The van der Waals surface area contributed by atoms with Crippen LogP contribution in [0.2, 0.25) is 0 Å². The van der Waals surface area contributed by atoms with Crippen molar-refractivity contribution in [3.8, 4) is 22.6 Å². The number of carbonyl (C=O) groups is 1. The van der Waals surface area contributed by atoms with Crippen LogP contribution in [0.25, 0.3) is 22.6 Å². The summed E-state index contributed by atoms with van der Waals surface area (Å²) < 4.78 is 2.47. The van der Waals surface area contributed by atoms with Crippen LogP contribution in [0, 0.1) is 0 Å². The van der Waals surface area contributed by atoms with Crippen molar-refractivity contribution in [2.24, 2.45) is 5.73 Å². The number of carbonyl (C=O) groups excluding carboxylic acids is 1. The Morgan fingerprint density at radius 1 is 1.12 bits per heavy atom. The van der Waals surface area contributed by atoms with Crippen molar-refractivity contribution in [3.05, 3.63) is 64.3 Å². The fourth-order valence-corrected chi connectivity index (χ4v) is 2.97. The average molecular weight is 400 g/mol. The van der Waals surface area contributed by atoms with Crippen molar-refractivity contribution < 1.29 is 9.63 Å². The molecule has 0 fully saturated rings. The minimum atomic E-state index is 0.418. The molecule has 0 atom stereocenters. The van der Waals surface area contributed by atoms with Crippen LogP contribution in [0.4, 0.5) is 0 Å². The lowest BCUT2D eigenvalue weighted by molar-refractivity contribution is -0.128. The molecule has 2 aromatic carbocycles. The normalized spacial score (nSPS) is 10.7. The van der Waals surface area contributed by atoms with Crippen molar-refractivity contribution in [2.45, 2.75) is 19.9 Å². The Morgan fingerprint density at radius 3 is 2.32 bits per heavy atom. The first-order chi connectivity index (χ1) is 12.2. The van der Waals surface area contributed by atoms with Crippen LogP contribution in [0.5, 0.6) is 0 Å². The molecule has 0 unspecified atom stereocenters. The summed E-state index contributed by atoms with van der Waals surface area (Å²) in [6.07, 6.45) is 0.717. The predicted octanol–water partition coefficient (Wildman–Crippen LogP) is 3.59. The number of benzene rings is 2. The highest BCUT2D eigenvalue weighted by atomic mass is 79.9. The van der Waals surface area contributed by atoms with E-state index in [0.717, 1.165) is 32.6 Å². The van der Waals surface area contributed by atoms with Crippen molar-refractivity contribution >= 4 is 22.4 Å². The molecule has 6 heteroatoms. The molecule has 128 valence electrons. The second-order valence-electron chi connectivity index (χ2n) is 5.49. The molecule has 0 aliphatic heterocycles. The molecule has 5 nitrogen and oxygen atoms in total.